The molecule has 186 valence electrons. The van der Waals surface area contributed by atoms with E-state index in [1.54, 1.807) is 12.1 Å². The van der Waals surface area contributed by atoms with Crippen LogP contribution in [0.15, 0.2) is 59.5 Å². The molecule has 0 spiro atoms. The van der Waals surface area contributed by atoms with Gasteiger partial charge in [-0.3, -0.25) is 0 Å². The van der Waals surface area contributed by atoms with Crippen LogP contribution < -0.4 is 4.74 Å². The van der Waals surface area contributed by atoms with Gasteiger partial charge in [-0.2, -0.15) is 8.42 Å². The van der Waals surface area contributed by atoms with Gasteiger partial charge in [0, 0.05) is 0 Å². The van der Waals surface area contributed by atoms with E-state index in [2.05, 4.69) is 53.0 Å². The molecule has 0 fully saturated rings. The predicted octanol–water partition coefficient (Wildman–Crippen LogP) is 6.21. The summed E-state index contributed by atoms with van der Waals surface area (Å²) in [5.41, 5.74) is 5.84. The van der Waals surface area contributed by atoms with Crippen LogP contribution >= 0.6 is 0 Å². The first-order chi connectivity index (χ1) is 16.0. The summed E-state index contributed by atoms with van der Waals surface area (Å²) >= 11 is 0. The maximum absolute atomic E-state index is 13.0. The van der Waals surface area contributed by atoms with E-state index in [1.165, 1.54) is 19.2 Å². The van der Waals surface area contributed by atoms with Gasteiger partial charge in [0.15, 0.2) is 6.10 Å². The van der Waals surface area contributed by atoms with E-state index in [0.29, 0.717) is 29.0 Å². The molecule has 0 bridgehead atoms. The first kappa shape index (κ1) is 28.1. The van der Waals surface area contributed by atoms with E-state index >= 15 is 0 Å². The van der Waals surface area contributed by atoms with Crippen LogP contribution in [0, 0.1) is 11.5 Å². The Morgan fingerprint density at radius 2 is 1.41 bits per heavy atom. The first-order valence-corrected chi connectivity index (χ1v) is 15.4. The van der Waals surface area contributed by atoms with Crippen molar-refractivity contribution in [3.8, 4) is 17.2 Å². The standard InChI is InChI=1S/C27H38O5SSi/c1-21(2)34(22(3)4,23(5)6)18-17-26(20-31-19-24-11-9-8-10-12-24)32-33(28,29)27-15-13-25(30-7)14-16-27/h8-16,21-23,26H,19-20H2,1-7H3. The highest BCUT2D eigenvalue weighted by Crippen LogP contribution is 2.40. The minimum Gasteiger partial charge on any atom is -0.497 e. The summed E-state index contributed by atoms with van der Waals surface area (Å²) in [5.74, 6) is 3.77. The third-order valence-electron chi connectivity index (χ3n) is 6.29. The monoisotopic (exact) mass is 502 g/mol. The third kappa shape index (κ3) is 7.19. The lowest BCUT2D eigenvalue weighted by Crippen LogP contribution is -2.43. The molecule has 0 aliphatic heterocycles. The average Bonchev–Trinajstić information content (AvgIpc) is 2.79. The van der Waals surface area contributed by atoms with Crippen molar-refractivity contribution in [2.75, 3.05) is 13.7 Å². The molecule has 2 aromatic rings. The second-order valence-corrected chi connectivity index (χ2v) is 16.5. The highest BCUT2D eigenvalue weighted by Gasteiger charge is 2.42. The molecule has 34 heavy (non-hydrogen) atoms. The molecule has 0 amide bonds. The average molecular weight is 503 g/mol. The maximum Gasteiger partial charge on any atom is 0.298 e. The van der Waals surface area contributed by atoms with Gasteiger partial charge in [0.25, 0.3) is 10.1 Å². The summed E-state index contributed by atoms with van der Waals surface area (Å²) in [6.45, 7) is 13.7. The summed E-state index contributed by atoms with van der Waals surface area (Å²) < 4.78 is 42.7. The molecule has 0 saturated carbocycles. The van der Waals surface area contributed by atoms with Crippen molar-refractivity contribution >= 4 is 18.2 Å². The van der Waals surface area contributed by atoms with Crippen LogP contribution in [-0.4, -0.2) is 36.3 Å². The Bertz CT molecular complexity index is 1030. The van der Waals surface area contributed by atoms with Crippen molar-refractivity contribution in [2.45, 2.75) is 75.8 Å². The van der Waals surface area contributed by atoms with E-state index in [1.807, 2.05) is 30.3 Å². The quantitative estimate of drug-likeness (QED) is 0.208. The molecule has 0 aliphatic carbocycles. The van der Waals surface area contributed by atoms with Gasteiger partial charge in [-0.25, -0.2) is 4.18 Å². The molecule has 1 unspecified atom stereocenters. The van der Waals surface area contributed by atoms with E-state index < -0.39 is 24.3 Å². The van der Waals surface area contributed by atoms with Gasteiger partial charge in [0.1, 0.15) is 13.8 Å². The van der Waals surface area contributed by atoms with Crippen LogP contribution in [-0.2, 0) is 25.6 Å². The topological polar surface area (TPSA) is 61.8 Å². The summed E-state index contributed by atoms with van der Waals surface area (Å²) in [5, 5.41) is 0. The van der Waals surface area contributed by atoms with Gasteiger partial charge in [-0.05, 0) is 46.5 Å². The maximum atomic E-state index is 13.0. The molecule has 0 aromatic heterocycles. The van der Waals surface area contributed by atoms with E-state index in [0.717, 1.165) is 5.56 Å². The molecule has 0 N–H and O–H groups in total. The van der Waals surface area contributed by atoms with Gasteiger partial charge in [-0.15, -0.1) is 5.54 Å². The number of hydrogen-bond acceptors (Lipinski definition) is 5. The molecule has 0 heterocycles. The van der Waals surface area contributed by atoms with E-state index in [-0.39, 0.29) is 11.5 Å². The summed E-state index contributed by atoms with van der Waals surface area (Å²) in [6, 6.07) is 15.9. The highest BCUT2D eigenvalue weighted by molar-refractivity contribution is 7.86. The molecule has 0 aliphatic rings. The lowest BCUT2D eigenvalue weighted by molar-refractivity contribution is 0.0670. The minimum absolute atomic E-state index is 0.0516. The fourth-order valence-electron chi connectivity index (χ4n) is 4.54. The van der Waals surface area contributed by atoms with Crippen molar-refractivity contribution in [3.63, 3.8) is 0 Å². The van der Waals surface area contributed by atoms with Crippen LogP contribution in [0.3, 0.4) is 0 Å². The molecule has 1 atom stereocenters. The molecule has 7 heteroatoms. The zero-order chi connectivity index (χ0) is 25.4. The van der Waals surface area contributed by atoms with Crippen molar-refractivity contribution in [3.05, 3.63) is 60.2 Å². The Hall–Kier alpha value is -2.11. The second kappa shape index (κ2) is 12.5. The number of rotatable bonds is 11. The predicted molar refractivity (Wildman–Crippen MR) is 140 cm³/mol. The van der Waals surface area contributed by atoms with E-state index in [4.69, 9.17) is 13.7 Å². The zero-order valence-corrected chi connectivity index (χ0v) is 23.2. The van der Waals surface area contributed by atoms with Crippen molar-refractivity contribution in [2.24, 2.45) is 0 Å². The third-order valence-corrected chi connectivity index (χ3v) is 13.9. The van der Waals surface area contributed by atoms with Crippen LogP contribution in [0.2, 0.25) is 16.6 Å². The molecular weight excluding hydrogens is 464 g/mol. The number of hydrogen-bond donors (Lipinski definition) is 0. The van der Waals surface area contributed by atoms with E-state index in [9.17, 15) is 8.42 Å². The zero-order valence-electron chi connectivity index (χ0n) is 21.4. The Morgan fingerprint density at radius 3 is 1.91 bits per heavy atom. The van der Waals surface area contributed by atoms with Crippen LogP contribution in [0.4, 0.5) is 0 Å². The van der Waals surface area contributed by atoms with Gasteiger partial charge < -0.3 is 9.47 Å². The summed E-state index contributed by atoms with van der Waals surface area (Å²) in [7, 11) is -4.57. The van der Waals surface area contributed by atoms with Gasteiger partial charge in [0.05, 0.1) is 25.2 Å². The lowest BCUT2D eigenvalue weighted by atomic mass is 10.2. The van der Waals surface area contributed by atoms with Crippen LogP contribution in [0.1, 0.15) is 47.1 Å². The number of benzene rings is 2. The smallest absolute Gasteiger partial charge is 0.298 e. The first-order valence-electron chi connectivity index (χ1n) is 11.7. The van der Waals surface area contributed by atoms with Crippen LogP contribution in [0.25, 0.3) is 0 Å². The molecule has 0 saturated heterocycles. The Labute approximate surface area is 207 Å². The van der Waals surface area contributed by atoms with Crippen molar-refractivity contribution in [1.82, 2.24) is 0 Å². The normalized spacial score (nSPS) is 13.1. The van der Waals surface area contributed by atoms with Crippen molar-refractivity contribution in [1.29, 1.82) is 0 Å². The molecule has 2 aromatic carbocycles. The molecular formula is C27H38O5SSi. The second-order valence-electron chi connectivity index (χ2n) is 9.38. The molecule has 2 rings (SSSR count). The minimum atomic E-state index is -4.03. The Kier molecular flexibility index (Phi) is 10.4. The number of methoxy groups -OCH3 is 1. The fourth-order valence-corrected chi connectivity index (χ4v) is 10.8. The van der Waals surface area contributed by atoms with Gasteiger partial charge in [-0.1, -0.05) is 77.8 Å². The van der Waals surface area contributed by atoms with Gasteiger partial charge >= 0.3 is 0 Å². The molecule has 0 radical (unpaired) electrons. The Morgan fingerprint density at radius 1 is 0.853 bits per heavy atom. The summed E-state index contributed by atoms with van der Waals surface area (Å²) in [6.07, 6.45) is -0.904. The Balaban J connectivity index is 2.34. The number of ether oxygens (including phenoxy) is 2. The van der Waals surface area contributed by atoms with Gasteiger partial charge in [0.2, 0.25) is 0 Å². The van der Waals surface area contributed by atoms with Crippen molar-refractivity contribution < 1.29 is 22.1 Å². The molecule has 5 nitrogen and oxygen atoms in total. The highest BCUT2D eigenvalue weighted by atomic mass is 32.2. The largest absolute Gasteiger partial charge is 0.497 e. The fraction of sp³-hybridized carbons (Fsp3) is 0.481. The SMILES string of the molecule is COc1ccc(S(=O)(=O)OC(C#C[Si](C(C)C)(C(C)C)C(C)C)COCc2ccccc2)cc1. The lowest BCUT2D eigenvalue weighted by Gasteiger charge is -2.38. The van der Waals surface area contributed by atoms with Crippen LogP contribution in [0.5, 0.6) is 5.75 Å². The summed E-state index contributed by atoms with van der Waals surface area (Å²) in [4.78, 5) is 0.0586.